The van der Waals surface area contributed by atoms with E-state index < -0.39 is 0 Å². The van der Waals surface area contributed by atoms with E-state index in [1.54, 1.807) is 7.11 Å². The van der Waals surface area contributed by atoms with Gasteiger partial charge in [-0.25, -0.2) is 5.48 Å². The van der Waals surface area contributed by atoms with E-state index in [0.29, 0.717) is 6.54 Å². The second-order valence-corrected chi connectivity index (χ2v) is 4.36. The topological polar surface area (TPSA) is 41.5 Å². The minimum absolute atomic E-state index is 0.447. The molecule has 2 rings (SSSR count). The molecular weight excluding hydrogens is 202 g/mol. The molecule has 1 aliphatic rings. The number of aryl methyl sites for hydroxylation is 1. The maximum atomic E-state index is 8.86. The van der Waals surface area contributed by atoms with E-state index >= 15 is 0 Å². The highest BCUT2D eigenvalue weighted by Gasteiger charge is 2.17. The highest BCUT2D eigenvalue weighted by molar-refractivity contribution is 5.50. The fourth-order valence-electron chi connectivity index (χ4n) is 2.61. The van der Waals surface area contributed by atoms with Gasteiger partial charge in [0.25, 0.3) is 0 Å². The van der Waals surface area contributed by atoms with Gasteiger partial charge in [0, 0.05) is 12.1 Å². The molecule has 1 aliphatic carbocycles. The zero-order valence-corrected chi connectivity index (χ0v) is 9.97. The van der Waals surface area contributed by atoms with Crippen LogP contribution in [0.25, 0.3) is 0 Å². The van der Waals surface area contributed by atoms with Crippen LogP contribution in [0.1, 0.15) is 35.1 Å². The Labute approximate surface area is 96.4 Å². The first kappa shape index (κ1) is 11.4. The van der Waals surface area contributed by atoms with E-state index in [0.717, 1.165) is 24.2 Å². The van der Waals surface area contributed by atoms with Crippen LogP contribution in [0.15, 0.2) is 6.07 Å². The molecule has 0 saturated heterocycles. The summed E-state index contributed by atoms with van der Waals surface area (Å²) in [6, 6.07) is 2.13. The van der Waals surface area contributed by atoms with Gasteiger partial charge < -0.3 is 9.94 Å². The van der Waals surface area contributed by atoms with Crippen molar-refractivity contribution in [2.75, 3.05) is 7.11 Å². The first-order valence-corrected chi connectivity index (χ1v) is 5.83. The van der Waals surface area contributed by atoms with Crippen molar-refractivity contribution in [2.24, 2.45) is 0 Å². The van der Waals surface area contributed by atoms with Crippen LogP contribution in [0.2, 0.25) is 0 Å². The fourth-order valence-corrected chi connectivity index (χ4v) is 2.61. The second-order valence-electron chi connectivity index (χ2n) is 4.36. The summed E-state index contributed by atoms with van der Waals surface area (Å²) >= 11 is 0. The van der Waals surface area contributed by atoms with Gasteiger partial charge in [-0.2, -0.15) is 0 Å². The lowest BCUT2D eigenvalue weighted by Gasteiger charge is -2.22. The van der Waals surface area contributed by atoms with Crippen LogP contribution < -0.4 is 10.2 Å². The Morgan fingerprint density at radius 3 is 2.81 bits per heavy atom. The predicted molar refractivity (Wildman–Crippen MR) is 63.0 cm³/mol. The minimum Gasteiger partial charge on any atom is -0.496 e. The van der Waals surface area contributed by atoms with E-state index in [9.17, 15) is 0 Å². The van der Waals surface area contributed by atoms with Gasteiger partial charge in [0.05, 0.1) is 7.11 Å². The highest BCUT2D eigenvalue weighted by atomic mass is 16.5. The van der Waals surface area contributed by atoms with Gasteiger partial charge in [-0.1, -0.05) is 0 Å². The molecule has 0 heterocycles. The van der Waals surface area contributed by atoms with Crippen molar-refractivity contribution in [3.63, 3.8) is 0 Å². The zero-order chi connectivity index (χ0) is 11.5. The molecule has 0 bridgehead atoms. The van der Waals surface area contributed by atoms with Gasteiger partial charge in [0.1, 0.15) is 5.75 Å². The molecule has 0 spiro atoms. The van der Waals surface area contributed by atoms with Gasteiger partial charge >= 0.3 is 0 Å². The van der Waals surface area contributed by atoms with E-state index in [1.165, 1.54) is 29.5 Å². The van der Waals surface area contributed by atoms with Crippen molar-refractivity contribution in [1.82, 2.24) is 5.48 Å². The molecule has 0 atom stereocenters. The molecule has 0 aromatic heterocycles. The molecule has 0 saturated carbocycles. The van der Waals surface area contributed by atoms with Crippen LogP contribution in [0.3, 0.4) is 0 Å². The third-order valence-corrected chi connectivity index (χ3v) is 3.49. The Morgan fingerprint density at radius 1 is 1.38 bits per heavy atom. The van der Waals surface area contributed by atoms with Crippen molar-refractivity contribution in [1.29, 1.82) is 0 Å². The smallest absolute Gasteiger partial charge is 0.123 e. The monoisotopic (exact) mass is 221 g/mol. The lowest BCUT2D eigenvalue weighted by Crippen LogP contribution is -2.13. The van der Waals surface area contributed by atoms with Crippen LogP contribution in [0.5, 0.6) is 5.75 Å². The van der Waals surface area contributed by atoms with Crippen LogP contribution in [0, 0.1) is 6.92 Å². The van der Waals surface area contributed by atoms with E-state index in [-0.39, 0.29) is 0 Å². The largest absolute Gasteiger partial charge is 0.496 e. The number of methoxy groups -OCH3 is 1. The van der Waals surface area contributed by atoms with E-state index in [1.807, 2.05) is 0 Å². The van der Waals surface area contributed by atoms with Crippen LogP contribution >= 0.6 is 0 Å². The summed E-state index contributed by atoms with van der Waals surface area (Å²) in [5.74, 6) is 0.889. The van der Waals surface area contributed by atoms with Gasteiger partial charge in [0.2, 0.25) is 0 Å². The second kappa shape index (κ2) is 4.85. The van der Waals surface area contributed by atoms with Crippen LogP contribution in [-0.4, -0.2) is 12.3 Å². The number of nitrogens with one attached hydrogen (secondary N) is 1. The number of rotatable bonds is 3. The predicted octanol–water partition coefficient (Wildman–Crippen LogP) is 2.36. The molecule has 0 aliphatic heterocycles. The molecule has 1 aromatic rings. The number of benzene rings is 1. The number of hydrogen-bond acceptors (Lipinski definition) is 3. The Hall–Kier alpha value is -1.06. The van der Waals surface area contributed by atoms with Crippen LogP contribution in [0.4, 0.5) is 0 Å². The number of fused-ring (bicyclic) bond motifs is 1. The number of ether oxygens (including phenoxy) is 1. The van der Waals surface area contributed by atoms with Crippen molar-refractivity contribution in [3.8, 4) is 5.75 Å². The maximum Gasteiger partial charge on any atom is 0.123 e. The third-order valence-electron chi connectivity index (χ3n) is 3.49. The summed E-state index contributed by atoms with van der Waals surface area (Å²) in [4.78, 5) is 0. The van der Waals surface area contributed by atoms with E-state index in [4.69, 9.17) is 9.94 Å². The van der Waals surface area contributed by atoms with E-state index in [2.05, 4.69) is 18.5 Å². The summed E-state index contributed by atoms with van der Waals surface area (Å²) in [5, 5.41) is 8.86. The Kier molecular flexibility index (Phi) is 3.46. The Bertz CT molecular complexity index is 388. The van der Waals surface area contributed by atoms with Gasteiger partial charge in [0.15, 0.2) is 0 Å². The molecule has 3 nitrogen and oxygen atoms in total. The minimum atomic E-state index is 0.447. The van der Waals surface area contributed by atoms with Crippen molar-refractivity contribution in [3.05, 3.63) is 28.3 Å². The first-order chi connectivity index (χ1) is 7.77. The molecule has 0 fully saturated rings. The molecule has 0 radical (unpaired) electrons. The molecule has 0 amide bonds. The molecule has 2 N–H and O–H groups in total. The molecule has 88 valence electrons. The average molecular weight is 221 g/mol. The molecule has 3 heteroatoms. The molecule has 16 heavy (non-hydrogen) atoms. The molecule has 1 aromatic carbocycles. The maximum absolute atomic E-state index is 8.86. The van der Waals surface area contributed by atoms with Crippen molar-refractivity contribution >= 4 is 0 Å². The highest BCUT2D eigenvalue weighted by Crippen LogP contribution is 2.32. The summed E-state index contributed by atoms with van der Waals surface area (Å²) in [6.45, 7) is 2.57. The Balaban J connectivity index is 2.50. The van der Waals surface area contributed by atoms with Crippen molar-refractivity contribution < 1.29 is 9.94 Å². The normalized spacial score (nSPS) is 14.7. The summed E-state index contributed by atoms with van der Waals surface area (Å²) in [5.41, 5.74) is 7.45. The van der Waals surface area contributed by atoms with Gasteiger partial charge in [-0.15, -0.1) is 0 Å². The standard InChI is InChI=1S/C13H19NO2/c1-9-11-6-4-3-5-10(11)7-13(16-2)12(9)8-14-15/h7,14-15H,3-6,8H2,1-2H3. The SMILES string of the molecule is COc1cc2c(c(C)c1CNO)CCCC2. The Morgan fingerprint density at radius 2 is 2.12 bits per heavy atom. The average Bonchev–Trinajstić information content (AvgIpc) is 2.33. The third kappa shape index (κ3) is 1.93. The molecular formula is C13H19NO2. The summed E-state index contributed by atoms with van der Waals surface area (Å²) in [7, 11) is 1.69. The van der Waals surface area contributed by atoms with Gasteiger partial charge in [-0.05, 0) is 55.4 Å². The number of hydrogen-bond donors (Lipinski definition) is 2. The zero-order valence-electron chi connectivity index (χ0n) is 9.97. The number of hydroxylamine groups is 1. The van der Waals surface area contributed by atoms with Crippen LogP contribution in [-0.2, 0) is 19.4 Å². The first-order valence-electron chi connectivity index (χ1n) is 5.83. The van der Waals surface area contributed by atoms with Crippen molar-refractivity contribution in [2.45, 2.75) is 39.2 Å². The summed E-state index contributed by atoms with van der Waals surface area (Å²) in [6.07, 6.45) is 4.85. The summed E-state index contributed by atoms with van der Waals surface area (Å²) < 4.78 is 5.39. The molecule has 0 unspecified atom stereocenters. The quantitative estimate of drug-likeness (QED) is 0.770. The fraction of sp³-hybridized carbons (Fsp3) is 0.538. The lowest BCUT2D eigenvalue weighted by atomic mass is 9.86. The van der Waals surface area contributed by atoms with Gasteiger partial charge in [-0.3, -0.25) is 0 Å². The lowest BCUT2D eigenvalue weighted by molar-refractivity contribution is 0.160.